The first kappa shape index (κ1) is 12.5. The summed E-state index contributed by atoms with van der Waals surface area (Å²) < 4.78 is 7.92. The van der Waals surface area contributed by atoms with Crippen molar-refractivity contribution >= 4 is 11.2 Å². The molecule has 0 saturated carbocycles. The molecule has 0 bridgehead atoms. The van der Waals surface area contributed by atoms with Gasteiger partial charge in [0.1, 0.15) is 11.3 Å². The third kappa shape index (κ3) is 2.21. The number of nitrogens with zero attached hydrogens (tertiary/aromatic N) is 3. The number of hydrogen-bond donors (Lipinski definition) is 0. The number of rotatable bonds is 2. The molecule has 0 spiro atoms. The second kappa shape index (κ2) is 5.30. The van der Waals surface area contributed by atoms with Crippen LogP contribution in [0.5, 0.6) is 0 Å². The number of fused-ring (bicyclic) bond motifs is 1. The summed E-state index contributed by atoms with van der Waals surface area (Å²) in [4.78, 5) is 9.35. The molecule has 4 nitrogen and oxygen atoms in total. The molecule has 0 aliphatic carbocycles. The summed E-state index contributed by atoms with van der Waals surface area (Å²) in [5.74, 6) is 0.986. The Morgan fingerprint density at radius 2 is 2.00 bits per heavy atom. The molecule has 1 saturated heterocycles. The van der Waals surface area contributed by atoms with E-state index in [-0.39, 0.29) is 0 Å². The van der Waals surface area contributed by atoms with Crippen molar-refractivity contribution in [3.63, 3.8) is 0 Å². The van der Waals surface area contributed by atoms with Gasteiger partial charge in [0.25, 0.3) is 0 Å². The molecule has 0 radical (unpaired) electrons. The molecule has 1 aliphatic heterocycles. The molecule has 1 aliphatic rings. The lowest BCUT2D eigenvalue weighted by Crippen LogP contribution is -2.22. The summed E-state index contributed by atoms with van der Waals surface area (Å²) >= 11 is 0. The van der Waals surface area contributed by atoms with Crippen molar-refractivity contribution in [2.45, 2.75) is 18.9 Å². The van der Waals surface area contributed by atoms with Crippen LogP contribution in [0.4, 0.5) is 0 Å². The van der Waals surface area contributed by atoms with Crippen LogP contribution < -0.4 is 0 Å². The minimum Gasteiger partial charge on any atom is -0.379 e. The van der Waals surface area contributed by atoms with E-state index in [0.717, 1.165) is 48.6 Å². The summed E-state index contributed by atoms with van der Waals surface area (Å²) in [5, 5.41) is 0. The first-order chi connectivity index (χ1) is 10.4. The first-order valence-corrected chi connectivity index (χ1v) is 7.39. The lowest BCUT2D eigenvalue weighted by Gasteiger charge is -2.25. The Balaban J connectivity index is 1.92. The normalized spacial score (nSPS) is 19.0. The molecular formula is C17H17N3O. The first-order valence-electron chi connectivity index (χ1n) is 7.39. The molecule has 3 aromatic rings. The van der Waals surface area contributed by atoms with Gasteiger partial charge in [-0.05, 0) is 25.0 Å². The highest BCUT2D eigenvalue weighted by atomic mass is 16.5. The van der Waals surface area contributed by atoms with Crippen LogP contribution in [0.2, 0.25) is 0 Å². The van der Waals surface area contributed by atoms with E-state index in [1.54, 1.807) is 0 Å². The van der Waals surface area contributed by atoms with Gasteiger partial charge >= 0.3 is 0 Å². The number of ether oxygens (including phenoxy) is 1. The molecule has 1 aromatic carbocycles. The smallest absolute Gasteiger partial charge is 0.160 e. The maximum Gasteiger partial charge on any atom is 0.160 e. The zero-order valence-electron chi connectivity index (χ0n) is 11.8. The van der Waals surface area contributed by atoms with Gasteiger partial charge in [-0.2, -0.15) is 0 Å². The summed E-state index contributed by atoms with van der Waals surface area (Å²) in [6, 6.07) is 14.6. The van der Waals surface area contributed by atoms with E-state index in [0.29, 0.717) is 6.04 Å². The number of hydrogen-bond acceptors (Lipinski definition) is 3. The molecule has 0 amide bonds. The molecule has 0 N–H and O–H groups in total. The topological polar surface area (TPSA) is 39.9 Å². The molecule has 106 valence electrons. The van der Waals surface area contributed by atoms with Crippen LogP contribution in [0.15, 0.2) is 48.7 Å². The van der Waals surface area contributed by atoms with Crippen molar-refractivity contribution in [1.29, 1.82) is 0 Å². The van der Waals surface area contributed by atoms with Gasteiger partial charge in [-0.25, -0.2) is 9.97 Å². The van der Waals surface area contributed by atoms with Gasteiger partial charge in [0.05, 0.1) is 12.6 Å². The summed E-state index contributed by atoms with van der Waals surface area (Å²) in [5.41, 5.74) is 3.02. The number of benzene rings is 1. The van der Waals surface area contributed by atoms with Gasteiger partial charge in [0, 0.05) is 18.4 Å². The van der Waals surface area contributed by atoms with Crippen molar-refractivity contribution in [3.8, 4) is 11.4 Å². The van der Waals surface area contributed by atoms with Crippen molar-refractivity contribution in [2.75, 3.05) is 13.2 Å². The molecule has 1 fully saturated rings. The Bertz CT molecular complexity index is 745. The van der Waals surface area contributed by atoms with E-state index in [4.69, 9.17) is 9.72 Å². The molecule has 21 heavy (non-hydrogen) atoms. The Morgan fingerprint density at radius 3 is 2.81 bits per heavy atom. The lowest BCUT2D eigenvalue weighted by molar-refractivity contribution is 0.0608. The number of aromatic nitrogens is 3. The minimum atomic E-state index is 0.314. The minimum absolute atomic E-state index is 0.314. The van der Waals surface area contributed by atoms with E-state index in [1.807, 2.05) is 36.5 Å². The predicted molar refractivity (Wildman–Crippen MR) is 82.1 cm³/mol. The van der Waals surface area contributed by atoms with Crippen LogP contribution in [0, 0.1) is 0 Å². The highest BCUT2D eigenvalue weighted by Crippen LogP contribution is 2.30. The number of imidazole rings is 1. The Labute approximate surface area is 123 Å². The highest BCUT2D eigenvalue weighted by Gasteiger charge is 2.23. The fourth-order valence-electron chi connectivity index (χ4n) is 2.99. The lowest BCUT2D eigenvalue weighted by atomic mass is 10.1. The molecule has 1 unspecified atom stereocenters. The van der Waals surface area contributed by atoms with Crippen LogP contribution in [0.25, 0.3) is 22.6 Å². The maximum atomic E-state index is 5.67. The largest absolute Gasteiger partial charge is 0.379 e. The monoisotopic (exact) mass is 279 g/mol. The van der Waals surface area contributed by atoms with Gasteiger partial charge in [0.2, 0.25) is 0 Å². The van der Waals surface area contributed by atoms with Gasteiger partial charge in [-0.3, -0.25) is 0 Å². The molecule has 4 heteroatoms. The average molecular weight is 279 g/mol. The maximum absolute atomic E-state index is 5.67. The quantitative estimate of drug-likeness (QED) is 0.721. The van der Waals surface area contributed by atoms with Gasteiger partial charge in [0.15, 0.2) is 5.65 Å². The van der Waals surface area contributed by atoms with Crippen molar-refractivity contribution in [3.05, 3.63) is 48.7 Å². The molecule has 2 aromatic heterocycles. The highest BCUT2D eigenvalue weighted by molar-refractivity contribution is 5.77. The van der Waals surface area contributed by atoms with Crippen molar-refractivity contribution in [1.82, 2.24) is 14.5 Å². The molecular weight excluding hydrogens is 262 g/mol. The Morgan fingerprint density at radius 1 is 1.10 bits per heavy atom. The van der Waals surface area contributed by atoms with E-state index in [2.05, 4.69) is 21.7 Å². The van der Waals surface area contributed by atoms with E-state index >= 15 is 0 Å². The van der Waals surface area contributed by atoms with Crippen molar-refractivity contribution < 1.29 is 4.74 Å². The third-order valence-electron chi connectivity index (χ3n) is 3.98. The fraction of sp³-hybridized carbons (Fsp3) is 0.294. The molecule has 4 rings (SSSR count). The standard InChI is InChI=1S/C17H17N3O/c1-2-6-13(7-3-1)16-19-15-9-4-10-18-17(15)20(16)14-8-5-11-21-12-14/h1-4,6-7,9-10,14H,5,8,11-12H2. The Kier molecular flexibility index (Phi) is 3.16. The zero-order valence-corrected chi connectivity index (χ0v) is 11.8. The average Bonchev–Trinajstić information content (AvgIpc) is 2.96. The van der Waals surface area contributed by atoms with Crippen LogP contribution in [0.1, 0.15) is 18.9 Å². The van der Waals surface area contributed by atoms with Crippen molar-refractivity contribution in [2.24, 2.45) is 0 Å². The van der Waals surface area contributed by atoms with Crippen LogP contribution in [-0.2, 0) is 4.74 Å². The van der Waals surface area contributed by atoms with Crippen LogP contribution >= 0.6 is 0 Å². The molecule has 3 heterocycles. The third-order valence-corrected chi connectivity index (χ3v) is 3.98. The van der Waals surface area contributed by atoms with Crippen LogP contribution in [-0.4, -0.2) is 27.7 Å². The second-order valence-electron chi connectivity index (χ2n) is 5.39. The van der Waals surface area contributed by atoms with E-state index < -0.39 is 0 Å². The van der Waals surface area contributed by atoms with E-state index in [9.17, 15) is 0 Å². The second-order valence-corrected chi connectivity index (χ2v) is 5.39. The molecule has 1 atom stereocenters. The van der Waals surface area contributed by atoms with Gasteiger partial charge in [-0.1, -0.05) is 30.3 Å². The van der Waals surface area contributed by atoms with Gasteiger partial charge in [-0.15, -0.1) is 0 Å². The Hall–Kier alpha value is -2.20. The SMILES string of the molecule is c1ccc(-c2nc3cccnc3n2C2CCCOC2)cc1. The zero-order chi connectivity index (χ0) is 14.1. The summed E-state index contributed by atoms with van der Waals surface area (Å²) in [7, 11) is 0. The fourth-order valence-corrected chi connectivity index (χ4v) is 2.99. The predicted octanol–water partition coefficient (Wildman–Crippen LogP) is 3.45. The summed E-state index contributed by atoms with van der Waals surface area (Å²) in [6.45, 7) is 1.60. The van der Waals surface area contributed by atoms with E-state index in [1.165, 1.54) is 0 Å². The van der Waals surface area contributed by atoms with Crippen LogP contribution in [0.3, 0.4) is 0 Å². The summed E-state index contributed by atoms with van der Waals surface area (Å²) in [6.07, 6.45) is 4.03. The number of pyridine rings is 1. The van der Waals surface area contributed by atoms with Gasteiger partial charge < -0.3 is 9.30 Å².